The molecule has 1 aromatic carbocycles. The van der Waals surface area contributed by atoms with Crippen LogP contribution in [0.5, 0.6) is 0 Å². The number of aromatic amines is 1. The number of aromatic nitrogens is 2. The summed E-state index contributed by atoms with van der Waals surface area (Å²) in [5, 5.41) is 20.3. The quantitative estimate of drug-likeness (QED) is 0.790. The van der Waals surface area contributed by atoms with Gasteiger partial charge in [-0.1, -0.05) is 32.9 Å². The molecular formula is C14H19N3O2. The van der Waals surface area contributed by atoms with Gasteiger partial charge in [-0.2, -0.15) is 5.10 Å². The highest BCUT2D eigenvalue weighted by molar-refractivity contribution is 5.91. The SMILES string of the molecule is CC(C)(C)CC(Nc1n[nH]c2ccccc12)C(=O)O. The molecule has 1 unspecified atom stereocenters. The molecule has 19 heavy (non-hydrogen) atoms. The van der Waals surface area contributed by atoms with Crippen molar-refractivity contribution in [1.82, 2.24) is 10.2 Å². The lowest BCUT2D eigenvalue weighted by Crippen LogP contribution is -2.33. The number of hydrogen-bond acceptors (Lipinski definition) is 3. The monoisotopic (exact) mass is 261 g/mol. The lowest BCUT2D eigenvalue weighted by Gasteiger charge is -2.23. The van der Waals surface area contributed by atoms with Gasteiger partial charge in [-0.05, 0) is 24.0 Å². The first-order valence-corrected chi connectivity index (χ1v) is 6.29. The Kier molecular flexibility index (Phi) is 3.46. The molecule has 0 saturated heterocycles. The van der Waals surface area contributed by atoms with Crippen LogP contribution >= 0.6 is 0 Å². The number of H-pyrrole nitrogens is 1. The van der Waals surface area contributed by atoms with Gasteiger partial charge in [-0.3, -0.25) is 5.10 Å². The van der Waals surface area contributed by atoms with E-state index in [1.54, 1.807) is 0 Å². The number of rotatable bonds is 4. The number of anilines is 1. The Hall–Kier alpha value is -2.04. The van der Waals surface area contributed by atoms with Gasteiger partial charge < -0.3 is 10.4 Å². The van der Waals surface area contributed by atoms with Gasteiger partial charge in [0.25, 0.3) is 0 Å². The third-order valence-electron chi connectivity index (χ3n) is 2.90. The molecule has 0 bridgehead atoms. The first-order valence-electron chi connectivity index (χ1n) is 6.29. The van der Waals surface area contributed by atoms with Crippen LogP contribution in [0.1, 0.15) is 27.2 Å². The number of aliphatic carboxylic acids is 1. The molecule has 102 valence electrons. The third kappa shape index (κ3) is 3.24. The maximum atomic E-state index is 11.3. The second-order valence-electron chi connectivity index (χ2n) is 5.92. The standard InChI is InChI=1S/C14H19N3O2/c1-14(2,3)8-11(13(18)19)15-12-9-6-4-5-7-10(9)16-17-12/h4-7,11H,8H2,1-3H3,(H,18,19)(H2,15,16,17). The second-order valence-corrected chi connectivity index (χ2v) is 5.92. The van der Waals surface area contributed by atoms with E-state index in [0.717, 1.165) is 10.9 Å². The van der Waals surface area contributed by atoms with Gasteiger partial charge in [0, 0.05) is 5.39 Å². The van der Waals surface area contributed by atoms with Crippen LogP contribution in [-0.2, 0) is 4.79 Å². The molecule has 2 aromatic rings. The molecule has 3 N–H and O–H groups in total. The Labute approximate surface area is 112 Å². The normalized spacial score (nSPS) is 13.4. The maximum Gasteiger partial charge on any atom is 0.326 e. The molecule has 2 rings (SSSR count). The van der Waals surface area contributed by atoms with Gasteiger partial charge in [0.15, 0.2) is 5.82 Å². The van der Waals surface area contributed by atoms with Crippen LogP contribution in [0, 0.1) is 5.41 Å². The van der Waals surface area contributed by atoms with E-state index in [4.69, 9.17) is 0 Å². The number of nitrogens with one attached hydrogen (secondary N) is 2. The number of carbonyl (C=O) groups is 1. The fourth-order valence-electron chi connectivity index (χ4n) is 2.05. The minimum Gasteiger partial charge on any atom is -0.480 e. The molecule has 5 heteroatoms. The Balaban J connectivity index is 2.24. The topological polar surface area (TPSA) is 78.0 Å². The second kappa shape index (κ2) is 4.91. The van der Waals surface area contributed by atoms with Crippen LogP contribution in [0.25, 0.3) is 10.9 Å². The van der Waals surface area contributed by atoms with E-state index in [9.17, 15) is 9.90 Å². The average Bonchev–Trinajstić information content (AvgIpc) is 2.70. The van der Waals surface area contributed by atoms with E-state index in [2.05, 4.69) is 15.5 Å². The molecule has 1 heterocycles. The van der Waals surface area contributed by atoms with Gasteiger partial charge in [0.2, 0.25) is 0 Å². The Bertz CT molecular complexity index is 584. The molecular weight excluding hydrogens is 242 g/mol. The fourth-order valence-corrected chi connectivity index (χ4v) is 2.05. The number of carboxylic acids is 1. The van der Waals surface area contributed by atoms with Crippen molar-refractivity contribution in [2.24, 2.45) is 5.41 Å². The van der Waals surface area contributed by atoms with Crippen LogP contribution in [0.2, 0.25) is 0 Å². The fraction of sp³-hybridized carbons (Fsp3) is 0.429. The number of para-hydroxylation sites is 1. The van der Waals surface area contributed by atoms with Crippen LogP contribution in [0.15, 0.2) is 24.3 Å². The first-order chi connectivity index (χ1) is 8.87. The number of hydrogen-bond donors (Lipinski definition) is 3. The van der Waals surface area contributed by atoms with Crippen molar-refractivity contribution in [2.45, 2.75) is 33.2 Å². The van der Waals surface area contributed by atoms with Crippen molar-refractivity contribution >= 4 is 22.7 Å². The van der Waals surface area contributed by atoms with E-state index in [-0.39, 0.29) is 5.41 Å². The molecule has 0 aliphatic rings. The van der Waals surface area contributed by atoms with E-state index >= 15 is 0 Å². The summed E-state index contributed by atoms with van der Waals surface area (Å²) < 4.78 is 0. The largest absolute Gasteiger partial charge is 0.480 e. The predicted octanol–water partition coefficient (Wildman–Crippen LogP) is 2.86. The lowest BCUT2D eigenvalue weighted by molar-refractivity contribution is -0.138. The van der Waals surface area contributed by atoms with Crippen molar-refractivity contribution in [3.8, 4) is 0 Å². The average molecular weight is 261 g/mol. The van der Waals surface area contributed by atoms with E-state index in [1.165, 1.54) is 0 Å². The lowest BCUT2D eigenvalue weighted by atomic mass is 9.88. The van der Waals surface area contributed by atoms with Crippen molar-refractivity contribution in [2.75, 3.05) is 5.32 Å². The Morgan fingerprint density at radius 1 is 1.42 bits per heavy atom. The highest BCUT2D eigenvalue weighted by Crippen LogP contribution is 2.25. The first kappa shape index (κ1) is 13.4. The zero-order valence-corrected chi connectivity index (χ0v) is 11.4. The van der Waals surface area contributed by atoms with Crippen LogP contribution in [-0.4, -0.2) is 27.3 Å². The summed E-state index contributed by atoms with van der Waals surface area (Å²) in [6.07, 6.45) is 0.531. The van der Waals surface area contributed by atoms with Crippen molar-refractivity contribution in [3.63, 3.8) is 0 Å². The molecule has 5 nitrogen and oxygen atoms in total. The van der Waals surface area contributed by atoms with Crippen LogP contribution in [0.4, 0.5) is 5.82 Å². The zero-order chi connectivity index (χ0) is 14.0. The van der Waals surface area contributed by atoms with Gasteiger partial charge in [0.1, 0.15) is 6.04 Å². The van der Waals surface area contributed by atoms with Crippen molar-refractivity contribution in [3.05, 3.63) is 24.3 Å². The minimum atomic E-state index is -0.859. The van der Waals surface area contributed by atoms with Gasteiger partial charge in [0.05, 0.1) is 5.52 Å². The highest BCUT2D eigenvalue weighted by atomic mass is 16.4. The molecule has 0 spiro atoms. The molecule has 1 aromatic heterocycles. The predicted molar refractivity (Wildman–Crippen MR) is 75.2 cm³/mol. The van der Waals surface area contributed by atoms with E-state index in [1.807, 2.05) is 45.0 Å². The number of nitrogens with zero attached hydrogens (tertiary/aromatic N) is 1. The zero-order valence-electron chi connectivity index (χ0n) is 11.4. The maximum absolute atomic E-state index is 11.3. The van der Waals surface area contributed by atoms with E-state index in [0.29, 0.717) is 12.2 Å². The third-order valence-corrected chi connectivity index (χ3v) is 2.90. The summed E-state index contributed by atoms with van der Waals surface area (Å²) in [7, 11) is 0. The number of fused-ring (bicyclic) bond motifs is 1. The van der Waals surface area contributed by atoms with Gasteiger partial charge in [-0.25, -0.2) is 4.79 Å². The molecule has 0 amide bonds. The van der Waals surface area contributed by atoms with Gasteiger partial charge in [-0.15, -0.1) is 0 Å². The molecule has 0 aliphatic carbocycles. The number of carboxylic acid groups (broad SMARTS) is 1. The van der Waals surface area contributed by atoms with Crippen LogP contribution < -0.4 is 5.32 Å². The number of benzene rings is 1. The van der Waals surface area contributed by atoms with Crippen molar-refractivity contribution in [1.29, 1.82) is 0 Å². The Morgan fingerprint density at radius 2 is 2.11 bits per heavy atom. The molecule has 0 saturated carbocycles. The van der Waals surface area contributed by atoms with E-state index < -0.39 is 12.0 Å². The minimum absolute atomic E-state index is 0.0673. The molecule has 0 radical (unpaired) electrons. The summed E-state index contributed by atoms with van der Waals surface area (Å²) in [6.45, 7) is 6.06. The molecule has 1 atom stereocenters. The van der Waals surface area contributed by atoms with Crippen LogP contribution in [0.3, 0.4) is 0 Å². The van der Waals surface area contributed by atoms with Crippen molar-refractivity contribution < 1.29 is 9.90 Å². The summed E-state index contributed by atoms with van der Waals surface area (Å²) in [4.78, 5) is 11.3. The summed E-state index contributed by atoms with van der Waals surface area (Å²) in [5.74, 6) is -0.269. The molecule has 0 aliphatic heterocycles. The summed E-state index contributed by atoms with van der Waals surface area (Å²) in [6, 6.07) is 6.99. The summed E-state index contributed by atoms with van der Waals surface area (Å²) >= 11 is 0. The Morgan fingerprint density at radius 3 is 2.74 bits per heavy atom. The molecule has 0 fully saturated rings. The highest BCUT2D eigenvalue weighted by Gasteiger charge is 2.25. The van der Waals surface area contributed by atoms with Gasteiger partial charge >= 0.3 is 5.97 Å². The summed E-state index contributed by atoms with van der Waals surface area (Å²) in [5.41, 5.74) is 0.826. The smallest absolute Gasteiger partial charge is 0.326 e.